The Morgan fingerprint density at radius 1 is 1.12 bits per heavy atom. The van der Waals surface area contributed by atoms with E-state index in [1.807, 2.05) is 23.8 Å². The molecule has 2 N–H and O–H groups in total. The summed E-state index contributed by atoms with van der Waals surface area (Å²) in [6.07, 6.45) is 1.53. The highest BCUT2D eigenvalue weighted by molar-refractivity contribution is 7.89. The highest BCUT2D eigenvalue weighted by Gasteiger charge is 2.18. The zero-order chi connectivity index (χ0) is 23.8. The first-order chi connectivity index (χ1) is 15.8. The van der Waals surface area contributed by atoms with Crippen LogP contribution in [0.4, 0.5) is 0 Å². The Morgan fingerprint density at radius 2 is 1.88 bits per heavy atom. The topological polar surface area (TPSA) is 86.7 Å². The van der Waals surface area contributed by atoms with Crippen LogP contribution in [0.2, 0.25) is 5.02 Å². The lowest BCUT2D eigenvalue weighted by Crippen LogP contribution is -2.33. The number of carbonyl (C=O) groups excluding carboxylic acids is 1. The van der Waals surface area contributed by atoms with Crippen molar-refractivity contribution in [1.82, 2.24) is 9.62 Å². The minimum absolute atomic E-state index is 0.0595. The van der Waals surface area contributed by atoms with Crippen molar-refractivity contribution < 1.29 is 18.3 Å². The molecule has 0 radical (unpaired) electrons. The van der Waals surface area contributed by atoms with Gasteiger partial charge in [-0.15, -0.1) is 0 Å². The van der Waals surface area contributed by atoms with Crippen LogP contribution in [-0.4, -0.2) is 37.4 Å². The fourth-order valence-electron chi connectivity index (χ4n) is 3.28. The molecule has 3 aromatic rings. The molecule has 6 nitrogen and oxygen atoms in total. The fraction of sp³-hybridized carbons (Fsp3) is 0.292. The first-order valence-electron chi connectivity index (χ1n) is 10.6. The number of nitrogens with zero attached hydrogens (tertiary/aromatic N) is 1. The predicted octanol–water partition coefficient (Wildman–Crippen LogP) is 4.61. The van der Waals surface area contributed by atoms with Gasteiger partial charge in [0.1, 0.15) is 5.75 Å². The lowest BCUT2D eigenvalue weighted by Gasteiger charge is -2.23. The number of aromatic hydroxyl groups is 1. The van der Waals surface area contributed by atoms with Gasteiger partial charge in [-0.25, -0.2) is 13.1 Å². The van der Waals surface area contributed by atoms with E-state index >= 15 is 0 Å². The Morgan fingerprint density at radius 3 is 2.55 bits per heavy atom. The number of nitrogens with one attached hydrogen (secondary N) is 1. The maximum atomic E-state index is 13.0. The van der Waals surface area contributed by atoms with Crippen molar-refractivity contribution in [2.45, 2.75) is 37.6 Å². The number of sulfonamides is 1. The summed E-state index contributed by atoms with van der Waals surface area (Å²) < 4.78 is 27.1. The van der Waals surface area contributed by atoms with Gasteiger partial charge in [0.2, 0.25) is 15.9 Å². The van der Waals surface area contributed by atoms with Crippen molar-refractivity contribution in [2.75, 3.05) is 13.1 Å². The SMILES string of the molecule is CCCNS(=O)(=O)c1ccc(CCN(Cc2cc(Cl)ccc2O)C(=O)Cc2ccsc2)cc1. The van der Waals surface area contributed by atoms with E-state index in [-0.39, 0.29) is 29.5 Å². The number of phenols is 1. The van der Waals surface area contributed by atoms with Gasteiger partial charge in [0.25, 0.3) is 0 Å². The van der Waals surface area contributed by atoms with E-state index in [1.54, 1.807) is 41.3 Å². The van der Waals surface area contributed by atoms with Gasteiger partial charge in [-0.05, 0) is 71.1 Å². The number of carbonyl (C=O) groups is 1. The van der Waals surface area contributed by atoms with E-state index < -0.39 is 10.0 Å². The number of hydrogen-bond acceptors (Lipinski definition) is 5. The third-order valence-corrected chi connectivity index (χ3v) is 7.58. The number of phenolic OH excluding ortho intramolecular Hbond substituents is 1. The van der Waals surface area contributed by atoms with E-state index in [0.29, 0.717) is 30.1 Å². The van der Waals surface area contributed by atoms with Gasteiger partial charge >= 0.3 is 0 Å². The summed E-state index contributed by atoms with van der Waals surface area (Å²) in [5, 5.41) is 14.6. The summed E-state index contributed by atoms with van der Waals surface area (Å²) in [5.74, 6) is 0.0256. The van der Waals surface area contributed by atoms with Crippen LogP contribution in [-0.2, 0) is 34.2 Å². The molecule has 3 rings (SSSR count). The summed E-state index contributed by atoms with van der Waals surface area (Å²) in [6.45, 7) is 2.93. The Kier molecular flexibility index (Phi) is 8.91. The molecule has 1 heterocycles. The maximum Gasteiger partial charge on any atom is 0.240 e. The molecular formula is C24H27ClN2O4S2. The standard InChI is InChI=1S/C24H27ClN2O4S2/c1-2-11-26-33(30,31)22-6-3-18(4-7-22)9-12-27(24(29)14-19-10-13-32-17-19)16-20-15-21(25)5-8-23(20)28/h3-8,10,13,15,17,26,28H,2,9,11-12,14,16H2,1H3. The number of halogens is 1. The molecule has 0 bridgehead atoms. The second-order valence-corrected chi connectivity index (χ2v) is 10.7. The predicted molar refractivity (Wildman–Crippen MR) is 132 cm³/mol. The molecule has 0 saturated carbocycles. The van der Waals surface area contributed by atoms with Crippen molar-refractivity contribution in [1.29, 1.82) is 0 Å². The Labute approximate surface area is 203 Å². The van der Waals surface area contributed by atoms with E-state index in [9.17, 15) is 18.3 Å². The summed E-state index contributed by atoms with van der Waals surface area (Å²) in [5.41, 5.74) is 2.43. The van der Waals surface area contributed by atoms with E-state index in [0.717, 1.165) is 17.5 Å². The van der Waals surface area contributed by atoms with Crippen LogP contribution in [0.5, 0.6) is 5.75 Å². The highest BCUT2D eigenvalue weighted by atomic mass is 35.5. The zero-order valence-corrected chi connectivity index (χ0v) is 20.7. The van der Waals surface area contributed by atoms with Crippen LogP contribution in [0, 0.1) is 0 Å². The second kappa shape index (κ2) is 11.7. The average molecular weight is 507 g/mol. The van der Waals surface area contributed by atoms with E-state index in [1.165, 1.54) is 17.4 Å². The molecule has 1 amide bonds. The normalized spacial score (nSPS) is 11.5. The van der Waals surface area contributed by atoms with Crippen molar-refractivity contribution in [2.24, 2.45) is 0 Å². The van der Waals surface area contributed by atoms with Crippen molar-refractivity contribution in [3.05, 3.63) is 81.0 Å². The van der Waals surface area contributed by atoms with Crippen LogP contribution in [0.3, 0.4) is 0 Å². The largest absolute Gasteiger partial charge is 0.508 e. The molecule has 9 heteroatoms. The number of thiophene rings is 1. The Hall–Kier alpha value is -2.39. The van der Waals surface area contributed by atoms with Crippen LogP contribution in [0.15, 0.2) is 64.2 Å². The Balaban J connectivity index is 1.72. The fourth-order valence-corrected chi connectivity index (χ4v) is 5.27. The second-order valence-electron chi connectivity index (χ2n) is 7.69. The molecule has 2 aromatic carbocycles. The first kappa shape index (κ1) is 25.2. The number of rotatable bonds is 11. The summed E-state index contributed by atoms with van der Waals surface area (Å²) in [6, 6.07) is 13.4. The smallest absolute Gasteiger partial charge is 0.240 e. The van der Waals surface area contributed by atoms with Crippen molar-refractivity contribution in [3.63, 3.8) is 0 Å². The molecule has 33 heavy (non-hydrogen) atoms. The molecule has 176 valence electrons. The van der Waals surface area contributed by atoms with Crippen LogP contribution < -0.4 is 4.72 Å². The zero-order valence-electron chi connectivity index (χ0n) is 18.3. The quantitative estimate of drug-likeness (QED) is 0.397. The van der Waals surface area contributed by atoms with Gasteiger partial charge in [0.05, 0.1) is 11.3 Å². The monoisotopic (exact) mass is 506 g/mol. The molecule has 0 atom stereocenters. The van der Waals surface area contributed by atoms with Crippen LogP contribution >= 0.6 is 22.9 Å². The minimum atomic E-state index is -3.52. The van der Waals surface area contributed by atoms with Gasteiger partial charge in [-0.2, -0.15) is 11.3 Å². The number of benzene rings is 2. The molecule has 0 unspecified atom stereocenters. The third kappa shape index (κ3) is 7.30. The van der Waals surface area contributed by atoms with Crippen LogP contribution in [0.25, 0.3) is 0 Å². The lowest BCUT2D eigenvalue weighted by molar-refractivity contribution is -0.131. The van der Waals surface area contributed by atoms with Gasteiger partial charge in [0, 0.05) is 30.2 Å². The van der Waals surface area contributed by atoms with Gasteiger partial charge < -0.3 is 10.0 Å². The lowest BCUT2D eigenvalue weighted by atomic mass is 10.1. The van der Waals surface area contributed by atoms with Gasteiger partial charge in [-0.1, -0.05) is 30.7 Å². The summed E-state index contributed by atoms with van der Waals surface area (Å²) in [4.78, 5) is 15.0. The third-order valence-electron chi connectivity index (χ3n) is 5.14. The molecule has 0 spiro atoms. The molecule has 0 saturated heterocycles. The minimum Gasteiger partial charge on any atom is -0.508 e. The first-order valence-corrected chi connectivity index (χ1v) is 13.4. The molecule has 0 fully saturated rings. The van der Waals surface area contributed by atoms with E-state index in [2.05, 4.69) is 4.72 Å². The molecule has 0 aliphatic rings. The summed E-state index contributed by atoms with van der Waals surface area (Å²) in [7, 11) is -3.52. The average Bonchev–Trinajstić information content (AvgIpc) is 3.30. The van der Waals surface area contributed by atoms with Crippen molar-refractivity contribution in [3.8, 4) is 5.75 Å². The molecule has 0 aliphatic carbocycles. The molecular weight excluding hydrogens is 480 g/mol. The van der Waals surface area contributed by atoms with Crippen molar-refractivity contribution >= 4 is 38.9 Å². The molecule has 0 aliphatic heterocycles. The highest BCUT2D eigenvalue weighted by Crippen LogP contribution is 2.24. The molecule has 1 aromatic heterocycles. The number of hydrogen-bond donors (Lipinski definition) is 2. The van der Waals surface area contributed by atoms with Gasteiger partial charge in [-0.3, -0.25) is 4.79 Å². The number of amides is 1. The summed E-state index contributed by atoms with van der Waals surface area (Å²) >= 11 is 7.62. The maximum absolute atomic E-state index is 13.0. The van der Waals surface area contributed by atoms with Crippen LogP contribution in [0.1, 0.15) is 30.0 Å². The van der Waals surface area contributed by atoms with E-state index in [4.69, 9.17) is 11.6 Å². The van der Waals surface area contributed by atoms with Gasteiger partial charge in [0.15, 0.2) is 0 Å². The Bertz CT molecular complexity index is 1160.